The molecule has 1 aliphatic carbocycles. The molecule has 0 aromatic heterocycles. The first kappa shape index (κ1) is 11.5. The second-order valence-corrected chi connectivity index (χ2v) is 4.95. The van der Waals surface area contributed by atoms with Crippen molar-refractivity contribution in [2.45, 2.75) is 39.5 Å². The lowest BCUT2D eigenvalue weighted by molar-refractivity contribution is -0.146. The molecule has 0 heterocycles. The van der Waals surface area contributed by atoms with Crippen LogP contribution in [0.25, 0.3) is 0 Å². The monoisotopic (exact) mass is 199 g/mol. The molecule has 1 saturated carbocycles. The molecular weight excluding hydrogens is 178 g/mol. The first-order valence-corrected chi connectivity index (χ1v) is 5.46. The number of aliphatic carboxylic acids is 1. The second-order valence-electron chi connectivity index (χ2n) is 4.95. The highest BCUT2D eigenvalue weighted by Crippen LogP contribution is 2.33. The molecule has 1 aliphatic rings. The normalized spacial score (nSPS) is 17.0. The average molecular weight is 199 g/mol. The minimum atomic E-state index is -0.729. The van der Waals surface area contributed by atoms with Gasteiger partial charge in [0.15, 0.2) is 0 Å². The Morgan fingerprint density at radius 3 is 2.64 bits per heavy atom. The first-order valence-electron chi connectivity index (χ1n) is 5.46. The van der Waals surface area contributed by atoms with Crippen molar-refractivity contribution in [1.82, 2.24) is 5.32 Å². The zero-order valence-corrected chi connectivity index (χ0v) is 9.18. The van der Waals surface area contributed by atoms with E-state index >= 15 is 0 Å². The summed E-state index contributed by atoms with van der Waals surface area (Å²) in [5, 5.41) is 12.1. The molecule has 0 aliphatic heterocycles. The van der Waals surface area contributed by atoms with E-state index in [2.05, 4.69) is 5.32 Å². The van der Waals surface area contributed by atoms with Crippen LogP contribution in [0.15, 0.2) is 0 Å². The zero-order chi connectivity index (χ0) is 10.6. The highest BCUT2D eigenvalue weighted by atomic mass is 16.4. The third-order valence-corrected chi connectivity index (χ3v) is 2.81. The zero-order valence-electron chi connectivity index (χ0n) is 9.18. The number of nitrogens with one attached hydrogen (secondary N) is 1. The Morgan fingerprint density at radius 1 is 1.50 bits per heavy atom. The van der Waals surface area contributed by atoms with E-state index in [0.717, 1.165) is 12.5 Å². The van der Waals surface area contributed by atoms with Gasteiger partial charge in [-0.05, 0) is 39.2 Å². The molecule has 0 radical (unpaired) electrons. The van der Waals surface area contributed by atoms with Crippen molar-refractivity contribution in [3.63, 3.8) is 0 Å². The van der Waals surface area contributed by atoms with Crippen molar-refractivity contribution in [3.8, 4) is 0 Å². The van der Waals surface area contributed by atoms with Crippen LogP contribution in [0, 0.1) is 11.3 Å². The number of hydrogen-bond donors (Lipinski definition) is 2. The van der Waals surface area contributed by atoms with Crippen LogP contribution in [0.5, 0.6) is 0 Å². The minimum Gasteiger partial charge on any atom is -0.481 e. The fourth-order valence-electron chi connectivity index (χ4n) is 1.40. The van der Waals surface area contributed by atoms with Gasteiger partial charge in [-0.2, -0.15) is 0 Å². The second kappa shape index (κ2) is 4.78. The summed E-state index contributed by atoms with van der Waals surface area (Å²) in [6, 6.07) is 0. The molecule has 0 amide bonds. The van der Waals surface area contributed by atoms with Gasteiger partial charge in [0.05, 0.1) is 5.41 Å². The maximum atomic E-state index is 10.8. The maximum absolute atomic E-state index is 10.8. The summed E-state index contributed by atoms with van der Waals surface area (Å²) in [5.41, 5.74) is -0.639. The van der Waals surface area contributed by atoms with E-state index in [1.807, 2.05) is 0 Å². The van der Waals surface area contributed by atoms with Crippen molar-refractivity contribution >= 4 is 5.97 Å². The van der Waals surface area contributed by atoms with E-state index in [1.165, 1.54) is 25.7 Å². The SMILES string of the molecule is CC(C)(CNCCCC1CC1)C(=O)O. The summed E-state index contributed by atoms with van der Waals surface area (Å²) in [6.45, 7) is 5.02. The van der Waals surface area contributed by atoms with Gasteiger partial charge in [0.1, 0.15) is 0 Å². The number of hydrogen-bond acceptors (Lipinski definition) is 2. The minimum absolute atomic E-state index is 0.562. The highest BCUT2D eigenvalue weighted by Gasteiger charge is 2.26. The van der Waals surface area contributed by atoms with Crippen molar-refractivity contribution < 1.29 is 9.90 Å². The Balaban J connectivity index is 1.98. The smallest absolute Gasteiger partial charge is 0.310 e. The fraction of sp³-hybridized carbons (Fsp3) is 0.909. The summed E-state index contributed by atoms with van der Waals surface area (Å²) in [4.78, 5) is 10.8. The van der Waals surface area contributed by atoms with Crippen LogP contribution < -0.4 is 5.32 Å². The Morgan fingerprint density at radius 2 is 2.14 bits per heavy atom. The summed E-state index contributed by atoms with van der Waals surface area (Å²) in [7, 11) is 0. The van der Waals surface area contributed by atoms with Crippen LogP contribution in [0.3, 0.4) is 0 Å². The molecule has 1 rings (SSSR count). The van der Waals surface area contributed by atoms with Crippen LogP contribution >= 0.6 is 0 Å². The molecule has 3 heteroatoms. The molecule has 0 saturated heterocycles. The molecular formula is C11H21NO2. The van der Waals surface area contributed by atoms with E-state index in [4.69, 9.17) is 5.11 Å². The third kappa shape index (κ3) is 4.09. The Hall–Kier alpha value is -0.570. The number of carbonyl (C=O) groups is 1. The molecule has 0 bridgehead atoms. The van der Waals surface area contributed by atoms with E-state index in [0.29, 0.717) is 6.54 Å². The number of carboxylic acid groups (broad SMARTS) is 1. The van der Waals surface area contributed by atoms with Crippen LogP contribution in [-0.2, 0) is 4.79 Å². The van der Waals surface area contributed by atoms with E-state index in [-0.39, 0.29) is 0 Å². The van der Waals surface area contributed by atoms with Gasteiger partial charge < -0.3 is 10.4 Å². The topological polar surface area (TPSA) is 49.3 Å². The maximum Gasteiger partial charge on any atom is 0.310 e. The van der Waals surface area contributed by atoms with Crippen molar-refractivity contribution in [2.75, 3.05) is 13.1 Å². The largest absolute Gasteiger partial charge is 0.481 e. The lowest BCUT2D eigenvalue weighted by Gasteiger charge is -2.19. The standard InChI is InChI=1S/C11H21NO2/c1-11(2,10(13)14)8-12-7-3-4-9-5-6-9/h9,12H,3-8H2,1-2H3,(H,13,14). The first-order chi connectivity index (χ1) is 6.52. The molecule has 0 unspecified atom stereocenters. The van der Waals surface area contributed by atoms with Crippen molar-refractivity contribution in [2.24, 2.45) is 11.3 Å². The quantitative estimate of drug-likeness (QED) is 0.615. The van der Waals surface area contributed by atoms with Gasteiger partial charge >= 0.3 is 5.97 Å². The van der Waals surface area contributed by atoms with Gasteiger partial charge in [0.25, 0.3) is 0 Å². The van der Waals surface area contributed by atoms with Crippen LogP contribution in [-0.4, -0.2) is 24.2 Å². The third-order valence-electron chi connectivity index (χ3n) is 2.81. The Labute approximate surface area is 85.9 Å². The van der Waals surface area contributed by atoms with E-state index < -0.39 is 11.4 Å². The lowest BCUT2D eigenvalue weighted by Crippen LogP contribution is -2.36. The fourth-order valence-corrected chi connectivity index (χ4v) is 1.40. The Bertz CT molecular complexity index is 197. The average Bonchev–Trinajstić information content (AvgIpc) is 2.87. The van der Waals surface area contributed by atoms with Gasteiger partial charge in [0.2, 0.25) is 0 Å². The van der Waals surface area contributed by atoms with Gasteiger partial charge in [-0.15, -0.1) is 0 Å². The molecule has 3 nitrogen and oxygen atoms in total. The summed E-state index contributed by atoms with van der Waals surface area (Å²) < 4.78 is 0. The molecule has 0 spiro atoms. The van der Waals surface area contributed by atoms with Crippen LogP contribution in [0.1, 0.15) is 39.5 Å². The van der Waals surface area contributed by atoms with Gasteiger partial charge in [0, 0.05) is 6.54 Å². The molecule has 0 aromatic rings. The predicted molar refractivity (Wildman–Crippen MR) is 56.2 cm³/mol. The van der Waals surface area contributed by atoms with Crippen molar-refractivity contribution in [1.29, 1.82) is 0 Å². The van der Waals surface area contributed by atoms with Gasteiger partial charge in [-0.25, -0.2) is 0 Å². The van der Waals surface area contributed by atoms with Crippen molar-refractivity contribution in [3.05, 3.63) is 0 Å². The number of carboxylic acids is 1. The summed E-state index contributed by atoms with van der Waals surface area (Å²) in [5.74, 6) is 0.247. The lowest BCUT2D eigenvalue weighted by atomic mass is 9.94. The molecule has 1 fully saturated rings. The van der Waals surface area contributed by atoms with E-state index in [9.17, 15) is 4.79 Å². The predicted octanol–water partition coefficient (Wildman–Crippen LogP) is 1.88. The summed E-state index contributed by atoms with van der Waals surface area (Å²) in [6.07, 6.45) is 5.29. The van der Waals surface area contributed by atoms with Gasteiger partial charge in [-0.1, -0.05) is 12.8 Å². The van der Waals surface area contributed by atoms with Gasteiger partial charge in [-0.3, -0.25) is 4.79 Å². The number of rotatable bonds is 7. The van der Waals surface area contributed by atoms with Crippen LogP contribution in [0.2, 0.25) is 0 Å². The van der Waals surface area contributed by atoms with Crippen LogP contribution in [0.4, 0.5) is 0 Å². The molecule has 0 atom stereocenters. The highest BCUT2D eigenvalue weighted by molar-refractivity contribution is 5.73. The molecule has 14 heavy (non-hydrogen) atoms. The molecule has 0 aromatic carbocycles. The van der Waals surface area contributed by atoms with E-state index in [1.54, 1.807) is 13.8 Å². The molecule has 2 N–H and O–H groups in total. The Kier molecular flexibility index (Phi) is 3.93. The molecule has 82 valence electrons. The summed E-state index contributed by atoms with van der Waals surface area (Å²) >= 11 is 0.